The number of rotatable bonds is 1. The molecule has 0 unspecified atom stereocenters. The van der Waals surface area contributed by atoms with Gasteiger partial charge in [0.05, 0.1) is 18.9 Å². The second kappa shape index (κ2) is 3.68. The highest BCUT2D eigenvalue weighted by Gasteiger charge is 2.49. The van der Waals surface area contributed by atoms with Crippen molar-refractivity contribution >= 4 is 11.9 Å². The zero-order chi connectivity index (χ0) is 11.0. The zero-order valence-electron chi connectivity index (χ0n) is 8.80. The molecule has 0 radical (unpaired) electrons. The van der Waals surface area contributed by atoms with Gasteiger partial charge in [0.25, 0.3) is 0 Å². The third kappa shape index (κ3) is 1.54. The van der Waals surface area contributed by atoms with Crippen molar-refractivity contribution in [3.8, 4) is 0 Å². The summed E-state index contributed by atoms with van der Waals surface area (Å²) in [6.45, 7) is 1.85. The lowest BCUT2D eigenvalue weighted by Gasteiger charge is -2.25. The van der Waals surface area contributed by atoms with Gasteiger partial charge in [-0.2, -0.15) is 0 Å². The molecule has 4 atom stereocenters. The highest BCUT2D eigenvalue weighted by atomic mass is 16.6. The summed E-state index contributed by atoms with van der Waals surface area (Å²) < 4.78 is 9.84. The van der Waals surface area contributed by atoms with Gasteiger partial charge in [0.1, 0.15) is 6.10 Å². The number of allylic oxidation sites excluding steroid dienone is 1. The van der Waals surface area contributed by atoms with Crippen molar-refractivity contribution < 1.29 is 19.1 Å². The van der Waals surface area contributed by atoms with Gasteiger partial charge in [0.2, 0.25) is 0 Å². The molecule has 0 spiro atoms. The maximum atomic E-state index is 11.6. The Labute approximate surface area is 88.2 Å². The molecule has 0 bridgehead atoms. The number of carbonyl (C=O) groups is 2. The summed E-state index contributed by atoms with van der Waals surface area (Å²) in [5, 5.41) is 0. The highest BCUT2D eigenvalue weighted by Crippen LogP contribution is 2.40. The Morgan fingerprint density at radius 2 is 2.33 bits per heavy atom. The van der Waals surface area contributed by atoms with Crippen LogP contribution in [0.1, 0.15) is 13.3 Å². The van der Waals surface area contributed by atoms with E-state index >= 15 is 0 Å². The minimum absolute atomic E-state index is 0.0235. The fourth-order valence-corrected chi connectivity index (χ4v) is 2.42. The van der Waals surface area contributed by atoms with Crippen LogP contribution in [0.25, 0.3) is 0 Å². The number of carbonyl (C=O) groups excluding carboxylic acids is 2. The van der Waals surface area contributed by atoms with Gasteiger partial charge in [-0.15, -0.1) is 0 Å². The Kier molecular flexibility index (Phi) is 2.50. The fourth-order valence-electron chi connectivity index (χ4n) is 2.42. The Morgan fingerprint density at radius 3 is 3.00 bits per heavy atom. The minimum atomic E-state index is -0.373. The number of hydrogen-bond acceptors (Lipinski definition) is 4. The molecular weight excluding hydrogens is 196 g/mol. The van der Waals surface area contributed by atoms with Gasteiger partial charge in [0, 0.05) is 5.92 Å². The van der Waals surface area contributed by atoms with Crippen LogP contribution in [0.15, 0.2) is 12.2 Å². The third-order valence-corrected chi connectivity index (χ3v) is 3.22. The summed E-state index contributed by atoms with van der Waals surface area (Å²) in [7, 11) is 1.35. The first kappa shape index (κ1) is 10.2. The fraction of sp³-hybridized carbons (Fsp3) is 0.636. The predicted octanol–water partition coefficient (Wildman–Crippen LogP) is 0.913. The molecular formula is C11H14O4. The van der Waals surface area contributed by atoms with E-state index in [0.717, 1.165) is 0 Å². The van der Waals surface area contributed by atoms with Crippen molar-refractivity contribution in [2.24, 2.45) is 17.8 Å². The van der Waals surface area contributed by atoms with Gasteiger partial charge in [-0.1, -0.05) is 12.2 Å². The van der Waals surface area contributed by atoms with Gasteiger partial charge >= 0.3 is 11.9 Å². The molecule has 1 saturated heterocycles. The monoisotopic (exact) mass is 210 g/mol. The largest absolute Gasteiger partial charge is 0.469 e. The molecule has 0 N–H and O–H groups in total. The van der Waals surface area contributed by atoms with Crippen LogP contribution < -0.4 is 0 Å². The van der Waals surface area contributed by atoms with E-state index in [-0.39, 0.29) is 35.8 Å². The van der Waals surface area contributed by atoms with Crippen LogP contribution in [0.2, 0.25) is 0 Å². The molecule has 4 nitrogen and oxygen atoms in total. The van der Waals surface area contributed by atoms with Gasteiger partial charge in [-0.25, -0.2) is 0 Å². The molecule has 82 valence electrons. The standard InChI is InChI=1S/C11H14O4/c1-6-7-4-3-5-8(10(12)14-2)9(7)11(13)15-6/h3-4,6-9H,5H2,1-2H3/t6-,7-,8-,9-/m1/s1. The van der Waals surface area contributed by atoms with Crippen molar-refractivity contribution in [2.45, 2.75) is 19.4 Å². The number of methoxy groups -OCH3 is 1. The van der Waals surface area contributed by atoms with Crippen molar-refractivity contribution in [1.29, 1.82) is 0 Å². The highest BCUT2D eigenvalue weighted by molar-refractivity contribution is 5.84. The lowest BCUT2D eigenvalue weighted by atomic mass is 9.75. The Balaban J connectivity index is 2.26. The van der Waals surface area contributed by atoms with Crippen molar-refractivity contribution in [3.05, 3.63) is 12.2 Å². The summed E-state index contributed by atoms with van der Waals surface area (Å²) in [4.78, 5) is 23.1. The van der Waals surface area contributed by atoms with E-state index in [0.29, 0.717) is 6.42 Å². The number of esters is 2. The van der Waals surface area contributed by atoms with Crippen LogP contribution in [0, 0.1) is 17.8 Å². The van der Waals surface area contributed by atoms with Crippen molar-refractivity contribution in [3.63, 3.8) is 0 Å². The van der Waals surface area contributed by atoms with Gasteiger partial charge < -0.3 is 9.47 Å². The average Bonchev–Trinajstić information content (AvgIpc) is 2.54. The predicted molar refractivity (Wildman–Crippen MR) is 51.8 cm³/mol. The molecule has 1 heterocycles. The number of cyclic esters (lactones) is 1. The summed E-state index contributed by atoms with van der Waals surface area (Å²) in [5.41, 5.74) is 0. The van der Waals surface area contributed by atoms with Crippen molar-refractivity contribution in [1.82, 2.24) is 0 Å². The molecule has 4 heteroatoms. The van der Waals surface area contributed by atoms with E-state index < -0.39 is 0 Å². The number of hydrogen-bond donors (Lipinski definition) is 0. The lowest BCUT2D eigenvalue weighted by molar-refractivity contribution is -0.154. The molecule has 15 heavy (non-hydrogen) atoms. The van der Waals surface area contributed by atoms with Gasteiger partial charge in [0.15, 0.2) is 0 Å². The average molecular weight is 210 g/mol. The van der Waals surface area contributed by atoms with Crippen LogP contribution in [0.3, 0.4) is 0 Å². The third-order valence-electron chi connectivity index (χ3n) is 3.22. The maximum Gasteiger partial charge on any atom is 0.310 e. The Hall–Kier alpha value is -1.32. The second-order valence-corrected chi connectivity index (χ2v) is 4.04. The molecule has 1 fully saturated rings. The summed E-state index contributed by atoms with van der Waals surface area (Å²) in [6, 6.07) is 0. The van der Waals surface area contributed by atoms with Crippen molar-refractivity contribution in [2.75, 3.05) is 7.11 Å². The van der Waals surface area contributed by atoms with Crippen LogP contribution in [0.4, 0.5) is 0 Å². The smallest absolute Gasteiger partial charge is 0.310 e. The number of fused-ring (bicyclic) bond motifs is 1. The molecule has 0 aromatic heterocycles. The molecule has 0 saturated carbocycles. The van der Waals surface area contributed by atoms with E-state index in [1.807, 2.05) is 19.1 Å². The quantitative estimate of drug-likeness (QED) is 0.477. The van der Waals surface area contributed by atoms with Gasteiger partial charge in [-0.3, -0.25) is 9.59 Å². The zero-order valence-corrected chi connectivity index (χ0v) is 8.80. The van der Waals surface area contributed by atoms with Gasteiger partial charge in [-0.05, 0) is 13.3 Å². The van der Waals surface area contributed by atoms with E-state index in [2.05, 4.69) is 0 Å². The van der Waals surface area contributed by atoms with Crippen LogP contribution in [0.5, 0.6) is 0 Å². The normalized spacial score (nSPS) is 38.4. The van der Waals surface area contributed by atoms with Crippen LogP contribution in [-0.4, -0.2) is 25.2 Å². The molecule has 1 aliphatic carbocycles. The lowest BCUT2D eigenvalue weighted by Crippen LogP contribution is -2.34. The first-order chi connectivity index (χ1) is 7.15. The number of ether oxygens (including phenoxy) is 2. The minimum Gasteiger partial charge on any atom is -0.469 e. The molecule has 2 rings (SSSR count). The topological polar surface area (TPSA) is 52.6 Å². The molecule has 0 aromatic carbocycles. The summed E-state index contributed by atoms with van der Waals surface area (Å²) in [6.07, 6.45) is 4.34. The van der Waals surface area contributed by atoms with Crippen LogP contribution in [-0.2, 0) is 19.1 Å². The Bertz CT molecular complexity index is 321. The summed E-state index contributed by atoms with van der Waals surface area (Å²) in [5.74, 6) is -1.29. The van der Waals surface area contributed by atoms with E-state index in [1.165, 1.54) is 7.11 Å². The molecule has 2 aliphatic rings. The second-order valence-electron chi connectivity index (χ2n) is 4.04. The van der Waals surface area contributed by atoms with E-state index in [9.17, 15) is 9.59 Å². The SMILES string of the molecule is COC(=O)[C@@H]1CC=C[C@H]2[C@H]1C(=O)O[C@@H]2C. The molecule has 0 amide bonds. The molecule has 0 aromatic rings. The van der Waals surface area contributed by atoms with E-state index in [1.54, 1.807) is 0 Å². The summed E-state index contributed by atoms with van der Waals surface area (Å²) >= 11 is 0. The Morgan fingerprint density at radius 1 is 1.60 bits per heavy atom. The first-order valence-electron chi connectivity index (χ1n) is 5.10. The van der Waals surface area contributed by atoms with E-state index in [4.69, 9.17) is 9.47 Å². The maximum absolute atomic E-state index is 11.6. The van der Waals surface area contributed by atoms with Crippen LogP contribution >= 0.6 is 0 Å². The first-order valence-corrected chi connectivity index (χ1v) is 5.10. The molecule has 1 aliphatic heterocycles.